The molecule has 2 N–H and O–H groups in total. The van der Waals surface area contributed by atoms with Crippen LogP contribution in [0.2, 0.25) is 5.15 Å². The van der Waals surface area contributed by atoms with Gasteiger partial charge in [-0.2, -0.15) is 0 Å². The maximum atomic E-state index is 12.7. The quantitative estimate of drug-likeness (QED) is 0.845. The van der Waals surface area contributed by atoms with Gasteiger partial charge in [0.15, 0.2) is 0 Å². The number of carboxylic acid groups (broad SMARTS) is 1. The number of pyridine rings is 1. The summed E-state index contributed by atoms with van der Waals surface area (Å²) in [4.78, 5) is 14.8. The normalized spacial score (nSPS) is 10.2. The van der Waals surface area contributed by atoms with Gasteiger partial charge >= 0.3 is 5.97 Å². The molecule has 1 aromatic heterocycles. The van der Waals surface area contributed by atoms with Crippen LogP contribution in [0.3, 0.4) is 0 Å². The summed E-state index contributed by atoms with van der Waals surface area (Å²) in [5.74, 6) is -1.03. The van der Waals surface area contributed by atoms with Gasteiger partial charge in [0.25, 0.3) is 0 Å². The second-order valence-corrected chi connectivity index (χ2v) is 4.24. The molecule has 0 saturated carbocycles. The van der Waals surface area contributed by atoms with Crippen LogP contribution in [0.15, 0.2) is 36.4 Å². The number of hydrogen-bond acceptors (Lipinski definition) is 3. The first-order valence-corrected chi connectivity index (χ1v) is 5.81. The summed E-state index contributed by atoms with van der Waals surface area (Å²) < 4.78 is 12.7. The molecule has 2 aromatic rings. The minimum Gasteiger partial charge on any atom is -0.478 e. The first-order chi connectivity index (χ1) is 9.04. The van der Waals surface area contributed by atoms with Gasteiger partial charge in [-0.1, -0.05) is 23.7 Å². The van der Waals surface area contributed by atoms with Crippen molar-refractivity contribution in [3.05, 3.63) is 58.5 Å². The Balaban J connectivity index is 2.11. The second-order valence-electron chi connectivity index (χ2n) is 3.85. The molecule has 0 aliphatic carbocycles. The third-order valence-electron chi connectivity index (χ3n) is 2.43. The van der Waals surface area contributed by atoms with Gasteiger partial charge in [0.05, 0.1) is 5.56 Å². The summed E-state index contributed by atoms with van der Waals surface area (Å²) in [5.41, 5.74) is 0.904. The number of carbonyl (C=O) groups is 1. The summed E-state index contributed by atoms with van der Waals surface area (Å²) in [7, 11) is 0. The fraction of sp³-hybridized carbons (Fsp3) is 0.0769. The molecule has 1 heterocycles. The number of anilines is 1. The first-order valence-electron chi connectivity index (χ1n) is 5.44. The van der Waals surface area contributed by atoms with E-state index in [4.69, 9.17) is 16.7 Å². The van der Waals surface area contributed by atoms with Crippen LogP contribution in [0.25, 0.3) is 0 Å². The highest BCUT2D eigenvalue weighted by Crippen LogP contribution is 2.15. The first kappa shape index (κ1) is 13.3. The lowest BCUT2D eigenvalue weighted by molar-refractivity contribution is 0.0697. The van der Waals surface area contributed by atoms with E-state index in [0.717, 1.165) is 5.56 Å². The van der Waals surface area contributed by atoms with Gasteiger partial charge in [-0.3, -0.25) is 0 Å². The largest absolute Gasteiger partial charge is 0.478 e. The average molecular weight is 281 g/mol. The fourth-order valence-corrected chi connectivity index (χ4v) is 1.71. The summed E-state index contributed by atoms with van der Waals surface area (Å²) in [5, 5.41) is 11.9. The molecule has 1 aromatic carbocycles. The van der Waals surface area contributed by atoms with E-state index in [0.29, 0.717) is 12.4 Å². The van der Waals surface area contributed by atoms with Gasteiger partial charge in [-0.05, 0) is 29.8 Å². The molecule has 2 rings (SSSR count). The van der Waals surface area contributed by atoms with Gasteiger partial charge in [0.2, 0.25) is 0 Å². The van der Waals surface area contributed by atoms with Crippen LogP contribution in [-0.2, 0) is 6.54 Å². The lowest BCUT2D eigenvalue weighted by Gasteiger charge is -2.07. The number of nitrogens with one attached hydrogen (secondary N) is 1. The van der Waals surface area contributed by atoms with Crippen LogP contribution in [0, 0.1) is 5.82 Å². The molecule has 0 aliphatic rings. The van der Waals surface area contributed by atoms with Crippen LogP contribution in [0.5, 0.6) is 0 Å². The van der Waals surface area contributed by atoms with E-state index in [1.807, 2.05) is 0 Å². The Bertz CT molecular complexity index is 602. The van der Waals surface area contributed by atoms with E-state index in [-0.39, 0.29) is 16.5 Å². The number of rotatable bonds is 4. The minimum atomic E-state index is -1.07. The molecule has 0 fully saturated rings. The zero-order valence-corrected chi connectivity index (χ0v) is 10.5. The van der Waals surface area contributed by atoms with Crippen molar-refractivity contribution in [1.29, 1.82) is 0 Å². The molecule has 0 bridgehead atoms. The Morgan fingerprint density at radius 2 is 2.00 bits per heavy atom. The number of carboxylic acids is 1. The monoisotopic (exact) mass is 280 g/mol. The van der Waals surface area contributed by atoms with Crippen molar-refractivity contribution in [2.75, 3.05) is 5.32 Å². The molecule has 0 unspecified atom stereocenters. The number of aromatic carboxylic acids is 1. The van der Waals surface area contributed by atoms with Crippen LogP contribution >= 0.6 is 11.6 Å². The molecule has 0 atom stereocenters. The van der Waals surface area contributed by atoms with Crippen LogP contribution < -0.4 is 5.32 Å². The van der Waals surface area contributed by atoms with Gasteiger partial charge < -0.3 is 10.4 Å². The van der Waals surface area contributed by atoms with Gasteiger partial charge in [-0.15, -0.1) is 0 Å². The predicted octanol–water partition coefficient (Wildman–Crippen LogP) is 3.18. The van der Waals surface area contributed by atoms with E-state index < -0.39 is 5.97 Å². The van der Waals surface area contributed by atoms with Crippen molar-refractivity contribution >= 4 is 23.4 Å². The fourth-order valence-electron chi connectivity index (χ4n) is 1.51. The van der Waals surface area contributed by atoms with Crippen molar-refractivity contribution in [3.8, 4) is 0 Å². The molecule has 0 aliphatic heterocycles. The zero-order valence-electron chi connectivity index (χ0n) is 9.73. The van der Waals surface area contributed by atoms with E-state index >= 15 is 0 Å². The van der Waals surface area contributed by atoms with Crippen molar-refractivity contribution in [1.82, 2.24) is 4.98 Å². The standard InChI is InChI=1S/C13H10ClFN2O2/c14-11-5-9(13(18)19)6-12(17-11)16-7-8-1-3-10(15)4-2-8/h1-6H,7H2,(H,16,17)(H,18,19). The van der Waals surface area contributed by atoms with E-state index in [1.54, 1.807) is 12.1 Å². The predicted molar refractivity (Wildman–Crippen MR) is 69.9 cm³/mol. The third-order valence-corrected chi connectivity index (χ3v) is 2.62. The number of aromatic nitrogens is 1. The van der Waals surface area contributed by atoms with Gasteiger partial charge in [0, 0.05) is 6.54 Å². The summed E-state index contributed by atoms with van der Waals surface area (Å²) in [6, 6.07) is 8.62. The van der Waals surface area contributed by atoms with Gasteiger partial charge in [-0.25, -0.2) is 14.2 Å². The van der Waals surface area contributed by atoms with Crippen LogP contribution in [0.1, 0.15) is 15.9 Å². The third kappa shape index (κ3) is 3.66. The number of benzene rings is 1. The number of nitrogens with zero attached hydrogens (tertiary/aromatic N) is 1. The molecule has 0 saturated heterocycles. The Kier molecular flexibility index (Phi) is 3.97. The summed E-state index contributed by atoms with van der Waals surface area (Å²) >= 11 is 5.73. The lowest BCUT2D eigenvalue weighted by atomic mass is 10.2. The van der Waals surface area contributed by atoms with Crippen LogP contribution in [-0.4, -0.2) is 16.1 Å². The smallest absolute Gasteiger partial charge is 0.335 e. The topological polar surface area (TPSA) is 62.2 Å². The van der Waals surface area contributed by atoms with Crippen molar-refractivity contribution in [2.24, 2.45) is 0 Å². The molecular formula is C13H10ClFN2O2. The zero-order chi connectivity index (χ0) is 13.8. The Morgan fingerprint density at radius 3 is 2.63 bits per heavy atom. The van der Waals surface area contributed by atoms with Crippen molar-refractivity contribution < 1.29 is 14.3 Å². The number of halogens is 2. The van der Waals surface area contributed by atoms with Crippen LogP contribution in [0.4, 0.5) is 10.2 Å². The Labute approximate surface area is 113 Å². The maximum Gasteiger partial charge on any atom is 0.335 e. The summed E-state index contributed by atoms with van der Waals surface area (Å²) in [6.45, 7) is 0.396. The van der Waals surface area contributed by atoms with E-state index in [2.05, 4.69) is 10.3 Å². The SMILES string of the molecule is O=C(O)c1cc(Cl)nc(NCc2ccc(F)cc2)c1. The molecule has 0 radical (unpaired) electrons. The minimum absolute atomic E-state index is 0.0570. The molecule has 6 heteroatoms. The molecule has 98 valence electrons. The molecular weight excluding hydrogens is 271 g/mol. The van der Waals surface area contributed by atoms with E-state index in [9.17, 15) is 9.18 Å². The van der Waals surface area contributed by atoms with Gasteiger partial charge in [0.1, 0.15) is 16.8 Å². The molecule has 0 amide bonds. The van der Waals surface area contributed by atoms with E-state index in [1.165, 1.54) is 24.3 Å². The highest BCUT2D eigenvalue weighted by atomic mass is 35.5. The van der Waals surface area contributed by atoms with Crippen molar-refractivity contribution in [2.45, 2.75) is 6.54 Å². The Morgan fingerprint density at radius 1 is 1.32 bits per heavy atom. The maximum absolute atomic E-state index is 12.7. The average Bonchev–Trinajstić information content (AvgIpc) is 2.37. The van der Waals surface area contributed by atoms with Crippen molar-refractivity contribution in [3.63, 3.8) is 0 Å². The highest BCUT2D eigenvalue weighted by Gasteiger charge is 2.07. The second kappa shape index (κ2) is 5.67. The highest BCUT2D eigenvalue weighted by molar-refractivity contribution is 6.29. The lowest BCUT2D eigenvalue weighted by Crippen LogP contribution is -2.04. The molecule has 4 nitrogen and oxygen atoms in total. The molecule has 0 spiro atoms. The molecule has 19 heavy (non-hydrogen) atoms. The summed E-state index contributed by atoms with van der Waals surface area (Å²) in [6.07, 6.45) is 0. The number of hydrogen-bond donors (Lipinski definition) is 2. The Hall–Kier alpha value is -2.14.